The molecule has 0 aliphatic carbocycles. The highest BCUT2D eigenvalue weighted by atomic mass is 16.5. The molecule has 7 nitrogen and oxygen atoms in total. The van der Waals surface area contributed by atoms with E-state index in [0.29, 0.717) is 40.6 Å². The van der Waals surface area contributed by atoms with Crippen molar-refractivity contribution in [3.63, 3.8) is 0 Å². The SMILES string of the molecule is CCOc1cccc(C=Nc2ccc(NC(=O)c3cc4ccccc4o3)c(OC)c2)c1O. The van der Waals surface area contributed by atoms with Gasteiger partial charge in [-0.15, -0.1) is 0 Å². The summed E-state index contributed by atoms with van der Waals surface area (Å²) in [6.45, 7) is 2.30. The molecule has 0 fully saturated rings. The number of methoxy groups -OCH3 is 1. The van der Waals surface area contributed by atoms with E-state index < -0.39 is 0 Å². The van der Waals surface area contributed by atoms with Crippen molar-refractivity contribution >= 4 is 34.5 Å². The van der Waals surface area contributed by atoms with E-state index in [1.165, 1.54) is 7.11 Å². The number of carbonyl (C=O) groups excluding carboxylic acids is 1. The number of amides is 1. The van der Waals surface area contributed by atoms with Crippen LogP contribution in [0.25, 0.3) is 11.0 Å². The largest absolute Gasteiger partial charge is 0.504 e. The van der Waals surface area contributed by atoms with Crippen molar-refractivity contribution in [2.24, 2.45) is 4.99 Å². The number of nitrogens with zero attached hydrogens (tertiary/aromatic N) is 1. The van der Waals surface area contributed by atoms with E-state index in [4.69, 9.17) is 13.9 Å². The zero-order chi connectivity index (χ0) is 22.5. The predicted molar refractivity (Wildman–Crippen MR) is 124 cm³/mol. The molecular weight excluding hydrogens is 408 g/mol. The summed E-state index contributed by atoms with van der Waals surface area (Å²) in [6, 6.07) is 19.4. The number of ether oxygens (including phenoxy) is 2. The van der Waals surface area contributed by atoms with Crippen molar-refractivity contribution in [1.29, 1.82) is 0 Å². The molecule has 0 spiro atoms. The van der Waals surface area contributed by atoms with Gasteiger partial charge in [-0.05, 0) is 43.3 Å². The summed E-state index contributed by atoms with van der Waals surface area (Å²) in [4.78, 5) is 17.0. The number of hydrogen-bond donors (Lipinski definition) is 2. The van der Waals surface area contributed by atoms with Crippen LogP contribution in [0.3, 0.4) is 0 Å². The fourth-order valence-corrected chi connectivity index (χ4v) is 3.20. The van der Waals surface area contributed by atoms with Crippen molar-refractivity contribution in [2.45, 2.75) is 6.92 Å². The summed E-state index contributed by atoms with van der Waals surface area (Å²) in [5.41, 5.74) is 2.24. The number of rotatable bonds is 7. The molecule has 0 atom stereocenters. The standard InChI is InChI=1S/C25H22N2O5/c1-3-31-21-10-6-8-17(24(21)28)15-26-18-11-12-19(22(14-18)30-2)27-25(29)23-13-16-7-4-5-9-20(16)32-23/h4-15,28H,3H2,1-2H3,(H,27,29). The van der Waals surface area contributed by atoms with E-state index in [-0.39, 0.29) is 17.4 Å². The van der Waals surface area contributed by atoms with Crippen LogP contribution in [0.1, 0.15) is 23.0 Å². The lowest BCUT2D eigenvalue weighted by Crippen LogP contribution is -2.11. The Morgan fingerprint density at radius 2 is 1.94 bits per heavy atom. The van der Waals surface area contributed by atoms with Crippen molar-refractivity contribution in [3.05, 3.63) is 78.1 Å². The quantitative estimate of drug-likeness (QED) is 0.375. The molecule has 7 heteroatoms. The average Bonchev–Trinajstić information content (AvgIpc) is 3.25. The molecule has 162 valence electrons. The van der Waals surface area contributed by atoms with E-state index in [0.717, 1.165) is 5.39 Å². The molecule has 0 unspecified atom stereocenters. The first-order valence-electron chi connectivity index (χ1n) is 10.1. The second-order valence-corrected chi connectivity index (χ2v) is 6.87. The van der Waals surface area contributed by atoms with Crippen LogP contribution in [-0.4, -0.2) is 30.9 Å². The Bertz CT molecular complexity index is 1260. The first-order chi connectivity index (χ1) is 15.6. The highest BCUT2D eigenvalue weighted by Crippen LogP contribution is 2.32. The van der Waals surface area contributed by atoms with Crippen molar-refractivity contribution in [2.75, 3.05) is 19.0 Å². The van der Waals surface area contributed by atoms with Gasteiger partial charge in [0.2, 0.25) is 0 Å². The highest BCUT2D eigenvalue weighted by Gasteiger charge is 2.15. The van der Waals surface area contributed by atoms with Gasteiger partial charge in [0.1, 0.15) is 11.3 Å². The number of aromatic hydroxyl groups is 1. The minimum absolute atomic E-state index is 0.0276. The molecule has 3 aromatic carbocycles. The zero-order valence-corrected chi connectivity index (χ0v) is 17.7. The lowest BCUT2D eigenvalue weighted by molar-refractivity contribution is 0.0998. The van der Waals surface area contributed by atoms with Gasteiger partial charge >= 0.3 is 0 Å². The van der Waals surface area contributed by atoms with Crippen LogP contribution in [0, 0.1) is 0 Å². The third-order valence-electron chi connectivity index (χ3n) is 4.77. The number of fused-ring (bicyclic) bond motifs is 1. The molecule has 32 heavy (non-hydrogen) atoms. The van der Waals surface area contributed by atoms with Crippen LogP contribution in [-0.2, 0) is 0 Å². The van der Waals surface area contributed by atoms with Crippen LogP contribution in [0.4, 0.5) is 11.4 Å². The van der Waals surface area contributed by atoms with Crippen LogP contribution in [0.5, 0.6) is 17.2 Å². The molecule has 0 bridgehead atoms. The van der Waals surface area contributed by atoms with Gasteiger partial charge in [0, 0.05) is 23.2 Å². The number of nitrogens with one attached hydrogen (secondary N) is 1. The van der Waals surface area contributed by atoms with Crippen LogP contribution in [0.2, 0.25) is 0 Å². The Labute approximate surface area is 184 Å². The second kappa shape index (κ2) is 9.26. The summed E-state index contributed by atoms with van der Waals surface area (Å²) < 4.78 is 16.4. The third kappa shape index (κ3) is 4.41. The first-order valence-corrected chi connectivity index (χ1v) is 10.1. The maximum Gasteiger partial charge on any atom is 0.291 e. The Hall–Kier alpha value is -4.26. The maximum atomic E-state index is 12.6. The molecule has 1 aromatic heterocycles. The number of para-hydroxylation sites is 2. The normalized spacial score (nSPS) is 11.1. The molecule has 0 radical (unpaired) electrons. The van der Waals surface area contributed by atoms with Crippen molar-refractivity contribution in [1.82, 2.24) is 0 Å². The molecule has 0 aliphatic heterocycles. The lowest BCUT2D eigenvalue weighted by Gasteiger charge is -2.10. The topological polar surface area (TPSA) is 93.3 Å². The van der Waals surface area contributed by atoms with Crippen LogP contribution in [0.15, 0.2) is 76.1 Å². The Morgan fingerprint density at radius 1 is 1.09 bits per heavy atom. The predicted octanol–water partition coefficient (Wildman–Crippen LogP) is 5.55. The molecule has 2 N–H and O–H groups in total. The maximum absolute atomic E-state index is 12.6. The van der Waals surface area contributed by atoms with Crippen LogP contribution < -0.4 is 14.8 Å². The number of furan rings is 1. The Balaban J connectivity index is 1.53. The van der Waals surface area contributed by atoms with Gasteiger partial charge in [-0.25, -0.2) is 0 Å². The molecule has 0 saturated heterocycles. The summed E-state index contributed by atoms with van der Waals surface area (Å²) in [7, 11) is 1.51. The number of anilines is 1. The minimum atomic E-state index is -0.381. The Morgan fingerprint density at radius 3 is 2.72 bits per heavy atom. The smallest absolute Gasteiger partial charge is 0.291 e. The van der Waals surface area contributed by atoms with E-state index in [9.17, 15) is 9.90 Å². The molecule has 4 aromatic rings. The third-order valence-corrected chi connectivity index (χ3v) is 4.77. The van der Waals surface area contributed by atoms with Gasteiger partial charge in [-0.1, -0.05) is 24.3 Å². The first kappa shape index (κ1) is 21.0. The van der Waals surface area contributed by atoms with E-state index >= 15 is 0 Å². The number of aliphatic imine (C=N–C) groups is 1. The zero-order valence-electron chi connectivity index (χ0n) is 17.7. The van der Waals surface area contributed by atoms with E-state index in [1.54, 1.807) is 54.7 Å². The summed E-state index contributed by atoms with van der Waals surface area (Å²) in [5.74, 6) is 0.697. The fraction of sp³-hybridized carbons (Fsp3) is 0.120. The highest BCUT2D eigenvalue weighted by molar-refractivity contribution is 6.05. The number of carbonyl (C=O) groups is 1. The van der Waals surface area contributed by atoms with Gasteiger partial charge in [-0.3, -0.25) is 9.79 Å². The monoisotopic (exact) mass is 430 g/mol. The molecular formula is C25H22N2O5. The molecule has 4 rings (SSSR count). The second-order valence-electron chi connectivity index (χ2n) is 6.87. The average molecular weight is 430 g/mol. The number of phenols is 1. The summed E-state index contributed by atoms with van der Waals surface area (Å²) in [6.07, 6.45) is 1.54. The summed E-state index contributed by atoms with van der Waals surface area (Å²) in [5, 5.41) is 14.0. The lowest BCUT2D eigenvalue weighted by atomic mass is 10.2. The summed E-state index contributed by atoms with van der Waals surface area (Å²) >= 11 is 0. The Kier molecular flexibility index (Phi) is 6.07. The van der Waals surface area contributed by atoms with E-state index in [2.05, 4.69) is 10.3 Å². The minimum Gasteiger partial charge on any atom is -0.504 e. The van der Waals surface area contributed by atoms with Gasteiger partial charge in [-0.2, -0.15) is 0 Å². The fourth-order valence-electron chi connectivity index (χ4n) is 3.20. The molecule has 0 aliphatic rings. The number of phenolic OH excluding ortho intramolecular Hbond substituents is 1. The van der Waals surface area contributed by atoms with Gasteiger partial charge in [0.25, 0.3) is 5.91 Å². The molecule has 1 amide bonds. The van der Waals surface area contributed by atoms with Gasteiger partial charge in [0.05, 0.1) is 25.1 Å². The molecule has 1 heterocycles. The van der Waals surface area contributed by atoms with Gasteiger partial charge in [0.15, 0.2) is 17.3 Å². The van der Waals surface area contributed by atoms with Crippen molar-refractivity contribution < 1.29 is 23.8 Å². The van der Waals surface area contributed by atoms with Crippen LogP contribution >= 0.6 is 0 Å². The number of hydrogen-bond acceptors (Lipinski definition) is 6. The number of benzene rings is 3. The van der Waals surface area contributed by atoms with Gasteiger partial charge < -0.3 is 24.3 Å². The van der Waals surface area contributed by atoms with E-state index in [1.807, 2.05) is 25.1 Å². The molecule has 0 saturated carbocycles. The van der Waals surface area contributed by atoms with Crippen molar-refractivity contribution in [3.8, 4) is 17.2 Å².